The van der Waals surface area contributed by atoms with Gasteiger partial charge in [0, 0.05) is 36.7 Å². The molecule has 1 fully saturated rings. The van der Waals surface area contributed by atoms with Gasteiger partial charge < -0.3 is 25.0 Å². The van der Waals surface area contributed by atoms with Gasteiger partial charge in [0.2, 0.25) is 5.91 Å². The Balaban J connectivity index is 1.56. The topological polar surface area (TPSA) is 91.3 Å². The second kappa shape index (κ2) is 12.7. The van der Waals surface area contributed by atoms with Crippen molar-refractivity contribution >= 4 is 11.6 Å². The molecule has 0 radical (unpaired) electrons. The van der Waals surface area contributed by atoms with E-state index in [1.165, 1.54) is 6.92 Å². The molecule has 1 heterocycles. The van der Waals surface area contributed by atoms with Gasteiger partial charge in [-0.3, -0.25) is 9.69 Å². The van der Waals surface area contributed by atoms with E-state index in [2.05, 4.69) is 17.1 Å². The summed E-state index contributed by atoms with van der Waals surface area (Å²) in [5.74, 6) is -0.105. The number of anilines is 1. The Kier molecular flexibility index (Phi) is 9.31. The Labute approximate surface area is 225 Å². The molecule has 38 heavy (non-hydrogen) atoms. The van der Waals surface area contributed by atoms with Crippen LogP contribution in [0, 0.1) is 5.92 Å². The molecular formula is C31H38N2O5. The van der Waals surface area contributed by atoms with Gasteiger partial charge in [0.05, 0.1) is 24.9 Å². The molecule has 3 aromatic carbocycles. The normalized spacial score (nSPS) is 23.1. The smallest absolute Gasteiger partial charge is 0.221 e. The number of aliphatic hydroxyl groups is 2. The van der Waals surface area contributed by atoms with Crippen molar-refractivity contribution in [1.82, 2.24) is 4.90 Å². The summed E-state index contributed by atoms with van der Waals surface area (Å²) in [6, 6.07) is 24.9. The number of likely N-dealkylation sites (N-methyl/N-ethyl adjacent to an activating group) is 1. The fourth-order valence-electron chi connectivity index (χ4n) is 4.87. The fourth-order valence-corrected chi connectivity index (χ4v) is 4.87. The van der Waals surface area contributed by atoms with Crippen molar-refractivity contribution in [2.24, 2.45) is 5.92 Å². The minimum Gasteiger partial charge on any atom is -0.392 e. The molecule has 0 aromatic heterocycles. The Hall–Kier alpha value is -3.07. The van der Waals surface area contributed by atoms with Crippen molar-refractivity contribution < 1.29 is 24.5 Å². The summed E-state index contributed by atoms with van der Waals surface area (Å²) in [6.45, 7) is 6.21. The average Bonchev–Trinajstić information content (AvgIpc) is 2.94. The van der Waals surface area contributed by atoms with Crippen LogP contribution in [0.2, 0.25) is 0 Å². The van der Waals surface area contributed by atoms with Crippen molar-refractivity contribution in [2.45, 2.75) is 58.0 Å². The first-order chi connectivity index (χ1) is 18.3. The summed E-state index contributed by atoms with van der Waals surface area (Å²) in [5, 5.41) is 23.3. The van der Waals surface area contributed by atoms with Gasteiger partial charge >= 0.3 is 0 Å². The SMILES string of the molecule is CC(=O)Nc1ccc([C@H]2O[C@@H](CN(C)[C@H](C)[C@@H](O)c3ccccc3)[C@@H](C)[C@@H](c3ccc(CO)cc3)O2)cc1. The van der Waals surface area contributed by atoms with Gasteiger partial charge in [-0.15, -0.1) is 0 Å². The Morgan fingerprint density at radius 1 is 0.974 bits per heavy atom. The maximum Gasteiger partial charge on any atom is 0.221 e. The number of hydrogen-bond donors (Lipinski definition) is 3. The van der Waals surface area contributed by atoms with E-state index < -0.39 is 12.4 Å². The van der Waals surface area contributed by atoms with Crippen LogP contribution in [0.1, 0.15) is 61.5 Å². The van der Waals surface area contributed by atoms with Crippen LogP contribution in [-0.4, -0.2) is 46.8 Å². The van der Waals surface area contributed by atoms with Crippen LogP contribution < -0.4 is 5.32 Å². The molecule has 0 unspecified atom stereocenters. The summed E-state index contributed by atoms with van der Waals surface area (Å²) in [5.41, 5.74) is 4.31. The monoisotopic (exact) mass is 518 g/mol. The van der Waals surface area contributed by atoms with Gasteiger partial charge in [-0.2, -0.15) is 0 Å². The Bertz CT molecular complexity index is 1170. The van der Waals surface area contributed by atoms with E-state index in [-0.39, 0.29) is 36.7 Å². The maximum absolute atomic E-state index is 11.4. The first-order valence-corrected chi connectivity index (χ1v) is 13.1. The Morgan fingerprint density at radius 3 is 2.21 bits per heavy atom. The van der Waals surface area contributed by atoms with Crippen LogP contribution in [0.3, 0.4) is 0 Å². The summed E-state index contributed by atoms with van der Waals surface area (Å²) >= 11 is 0. The number of carbonyl (C=O) groups is 1. The van der Waals surface area contributed by atoms with Crippen LogP contribution in [0.25, 0.3) is 0 Å². The molecule has 4 rings (SSSR count). The lowest BCUT2D eigenvalue weighted by molar-refractivity contribution is -0.276. The number of benzene rings is 3. The van der Waals surface area contributed by atoms with Crippen molar-refractivity contribution in [3.05, 3.63) is 101 Å². The van der Waals surface area contributed by atoms with Crippen molar-refractivity contribution in [2.75, 3.05) is 18.9 Å². The highest BCUT2D eigenvalue weighted by Gasteiger charge is 2.39. The van der Waals surface area contributed by atoms with Crippen molar-refractivity contribution in [3.8, 4) is 0 Å². The van der Waals surface area contributed by atoms with E-state index in [4.69, 9.17) is 9.47 Å². The van der Waals surface area contributed by atoms with Crippen LogP contribution in [0.4, 0.5) is 5.69 Å². The minimum absolute atomic E-state index is 0.0111. The largest absolute Gasteiger partial charge is 0.392 e. The third kappa shape index (κ3) is 6.67. The summed E-state index contributed by atoms with van der Waals surface area (Å²) in [7, 11) is 2.00. The summed E-state index contributed by atoms with van der Waals surface area (Å²) in [6.07, 6.45) is -1.64. The molecule has 1 saturated heterocycles. The number of carbonyl (C=O) groups excluding carboxylic acids is 1. The van der Waals surface area contributed by atoms with Crippen LogP contribution in [0.5, 0.6) is 0 Å². The highest BCUT2D eigenvalue weighted by atomic mass is 16.7. The Morgan fingerprint density at radius 2 is 1.61 bits per heavy atom. The molecule has 1 amide bonds. The highest BCUT2D eigenvalue weighted by molar-refractivity contribution is 5.88. The van der Waals surface area contributed by atoms with Gasteiger partial charge in [0.15, 0.2) is 6.29 Å². The predicted molar refractivity (Wildman–Crippen MR) is 147 cm³/mol. The average molecular weight is 519 g/mol. The number of ether oxygens (including phenoxy) is 2. The van der Waals surface area contributed by atoms with Gasteiger partial charge in [0.1, 0.15) is 0 Å². The summed E-state index contributed by atoms with van der Waals surface area (Å²) in [4.78, 5) is 13.6. The first-order valence-electron chi connectivity index (χ1n) is 13.1. The van der Waals surface area contributed by atoms with Crippen molar-refractivity contribution in [1.29, 1.82) is 0 Å². The molecule has 202 valence electrons. The van der Waals surface area contributed by atoms with E-state index >= 15 is 0 Å². The van der Waals surface area contributed by atoms with Gasteiger partial charge in [0.25, 0.3) is 0 Å². The third-order valence-electron chi connectivity index (χ3n) is 7.39. The van der Waals surface area contributed by atoms with Gasteiger partial charge in [-0.05, 0) is 42.8 Å². The molecule has 7 heteroatoms. The number of rotatable bonds is 9. The van der Waals surface area contributed by atoms with Crippen LogP contribution in [-0.2, 0) is 20.9 Å². The lowest BCUT2D eigenvalue weighted by atomic mass is 9.89. The highest BCUT2D eigenvalue weighted by Crippen LogP contribution is 2.42. The molecule has 0 aliphatic carbocycles. The van der Waals surface area contributed by atoms with E-state index in [0.29, 0.717) is 12.2 Å². The van der Waals surface area contributed by atoms with E-state index in [1.54, 1.807) is 0 Å². The zero-order valence-electron chi connectivity index (χ0n) is 22.5. The molecule has 0 saturated carbocycles. The third-order valence-corrected chi connectivity index (χ3v) is 7.39. The molecule has 1 aliphatic rings. The number of amides is 1. The second-order valence-electron chi connectivity index (χ2n) is 10.2. The van der Waals surface area contributed by atoms with Crippen molar-refractivity contribution in [3.63, 3.8) is 0 Å². The summed E-state index contributed by atoms with van der Waals surface area (Å²) < 4.78 is 13.1. The fraction of sp³-hybridized carbons (Fsp3) is 0.387. The standard InChI is InChI=1S/C31H38N2O5/c1-20-28(18-33(4)21(2)29(36)24-8-6-5-7-9-24)37-31(26-14-16-27(17-15-26)32-22(3)35)38-30(20)25-12-10-23(19-34)11-13-25/h5-17,20-21,28-31,34,36H,18-19H2,1-4H3,(H,32,35)/t20-,21-,28+,29-,30+,31+/m1/s1. The molecular weight excluding hydrogens is 480 g/mol. The molecule has 3 aromatic rings. The van der Waals surface area contributed by atoms with E-state index in [9.17, 15) is 15.0 Å². The van der Waals surface area contributed by atoms with Crippen LogP contribution >= 0.6 is 0 Å². The van der Waals surface area contributed by atoms with Crippen LogP contribution in [0.15, 0.2) is 78.9 Å². The molecule has 0 bridgehead atoms. The lowest BCUT2D eigenvalue weighted by Crippen LogP contribution is -2.46. The van der Waals surface area contributed by atoms with E-state index in [1.807, 2.05) is 92.8 Å². The second-order valence-corrected chi connectivity index (χ2v) is 10.2. The quantitative estimate of drug-likeness (QED) is 0.370. The number of hydrogen-bond acceptors (Lipinski definition) is 6. The lowest BCUT2D eigenvalue weighted by Gasteiger charge is -2.43. The zero-order valence-corrected chi connectivity index (χ0v) is 22.5. The van der Waals surface area contributed by atoms with Gasteiger partial charge in [-0.25, -0.2) is 0 Å². The predicted octanol–water partition coefficient (Wildman–Crippen LogP) is 4.98. The molecule has 6 atom stereocenters. The maximum atomic E-state index is 11.4. The number of nitrogens with one attached hydrogen (secondary N) is 1. The van der Waals surface area contributed by atoms with Gasteiger partial charge in [-0.1, -0.05) is 73.7 Å². The molecule has 1 aliphatic heterocycles. The number of nitrogens with zero attached hydrogens (tertiary/aromatic N) is 1. The number of aliphatic hydroxyl groups excluding tert-OH is 2. The molecule has 0 spiro atoms. The van der Waals surface area contributed by atoms with E-state index in [0.717, 1.165) is 22.3 Å². The first kappa shape index (κ1) is 28.0. The molecule has 7 nitrogen and oxygen atoms in total. The zero-order chi connectivity index (χ0) is 27.2. The molecule has 3 N–H and O–H groups in total. The minimum atomic E-state index is -0.629.